The van der Waals surface area contributed by atoms with E-state index in [9.17, 15) is 13.6 Å². The molecule has 0 aromatic heterocycles. The summed E-state index contributed by atoms with van der Waals surface area (Å²) in [5.41, 5.74) is 3.71. The number of oxime groups is 1. The number of hydrogen-bond acceptors (Lipinski definition) is 4. The van der Waals surface area contributed by atoms with E-state index in [0.29, 0.717) is 0 Å². The zero-order chi connectivity index (χ0) is 15.5. The fourth-order valence-electron chi connectivity index (χ4n) is 2.27. The third kappa shape index (κ3) is 2.80. The number of benzene rings is 1. The van der Waals surface area contributed by atoms with Crippen molar-refractivity contribution in [2.24, 2.45) is 16.3 Å². The van der Waals surface area contributed by atoms with E-state index in [4.69, 9.17) is 15.7 Å². The largest absolute Gasteiger partial charge is 0.409 e. The number of anilines is 1. The Bertz CT molecular complexity index is 552. The van der Waals surface area contributed by atoms with Crippen LogP contribution in [0.15, 0.2) is 23.4 Å². The maximum absolute atomic E-state index is 13.6. The summed E-state index contributed by atoms with van der Waals surface area (Å²) in [6.45, 7) is 0.451. The molecule has 0 saturated carbocycles. The predicted molar refractivity (Wildman–Crippen MR) is 70.9 cm³/mol. The van der Waals surface area contributed by atoms with Gasteiger partial charge in [0.2, 0.25) is 5.91 Å². The summed E-state index contributed by atoms with van der Waals surface area (Å²) in [5.74, 6) is -2.83. The zero-order valence-electron chi connectivity index (χ0n) is 11.1. The molecule has 4 N–H and O–H groups in total. The van der Waals surface area contributed by atoms with E-state index in [1.54, 1.807) is 0 Å². The van der Waals surface area contributed by atoms with Crippen molar-refractivity contribution in [3.63, 3.8) is 0 Å². The van der Waals surface area contributed by atoms with E-state index < -0.39 is 28.6 Å². The van der Waals surface area contributed by atoms with Crippen molar-refractivity contribution < 1.29 is 23.5 Å². The fraction of sp³-hybridized carbons (Fsp3) is 0.385. The highest BCUT2D eigenvalue weighted by atomic mass is 19.1. The first kappa shape index (κ1) is 15.2. The quantitative estimate of drug-likeness (QED) is 0.340. The average Bonchev–Trinajstić information content (AvgIpc) is 2.50. The molecular weight excluding hydrogens is 284 g/mol. The van der Waals surface area contributed by atoms with Crippen LogP contribution in [-0.2, 0) is 9.53 Å². The molecule has 114 valence electrons. The van der Waals surface area contributed by atoms with Gasteiger partial charge in [0.05, 0.1) is 0 Å². The Kier molecular flexibility index (Phi) is 4.37. The lowest BCUT2D eigenvalue weighted by atomic mass is 9.78. The molecule has 6 nitrogen and oxygen atoms in total. The second kappa shape index (κ2) is 6.04. The Hall–Kier alpha value is -2.22. The molecule has 8 heteroatoms. The molecular formula is C13H15F2N3O3. The molecule has 1 aliphatic heterocycles. The molecule has 0 radical (unpaired) electrons. The number of carbonyl (C=O) groups is 1. The highest BCUT2D eigenvalue weighted by molar-refractivity contribution is 6.12. The summed E-state index contributed by atoms with van der Waals surface area (Å²) in [6.07, 6.45) is 0.315. The summed E-state index contributed by atoms with van der Waals surface area (Å²) in [7, 11) is 0. The van der Waals surface area contributed by atoms with Crippen LogP contribution in [-0.4, -0.2) is 30.2 Å². The number of para-hydroxylation sites is 1. The minimum absolute atomic E-state index is 0.158. The third-order valence-electron chi connectivity index (χ3n) is 3.58. The normalized spacial score (nSPS) is 18.3. The van der Waals surface area contributed by atoms with E-state index in [0.717, 1.165) is 12.1 Å². The van der Waals surface area contributed by atoms with Gasteiger partial charge in [-0.25, -0.2) is 8.78 Å². The molecule has 2 rings (SSSR count). The summed E-state index contributed by atoms with van der Waals surface area (Å²) in [5, 5.41) is 13.9. The number of rotatable bonds is 3. The van der Waals surface area contributed by atoms with Gasteiger partial charge in [0.25, 0.3) is 0 Å². The van der Waals surface area contributed by atoms with Gasteiger partial charge in [-0.2, -0.15) is 0 Å². The van der Waals surface area contributed by atoms with Gasteiger partial charge < -0.3 is 21.0 Å². The van der Waals surface area contributed by atoms with Crippen molar-refractivity contribution in [3.05, 3.63) is 29.8 Å². The molecule has 1 aromatic rings. The predicted octanol–water partition coefficient (Wildman–Crippen LogP) is 1.45. The van der Waals surface area contributed by atoms with Crippen LogP contribution in [0.3, 0.4) is 0 Å². The van der Waals surface area contributed by atoms with Gasteiger partial charge in [-0.15, -0.1) is 0 Å². The van der Waals surface area contributed by atoms with Gasteiger partial charge in [-0.05, 0) is 25.0 Å². The summed E-state index contributed by atoms with van der Waals surface area (Å²) in [6, 6.07) is 3.24. The second-order valence-corrected chi connectivity index (χ2v) is 4.73. The minimum atomic E-state index is -1.35. The molecule has 1 heterocycles. The lowest BCUT2D eigenvalue weighted by molar-refractivity contribution is -0.126. The molecule has 1 amide bonds. The van der Waals surface area contributed by atoms with Gasteiger partial charge in [-0.1, -0.05) is 11.2 Å². The first-order valence-corrected chi connectivity index (χ1v) is 6.32. The Morgan fingerprint density at radius 2 is 1.90 bits per heavy atom. The molecule has 1 aromatic carbocycles. The number of ether oxygens (including phenoxy) is 1. The van der Waals surface area contributed by atoms with Crippen LogP contribution in [0.5, 0.6) is 0 Å². The number of nitrogens with zero attached hydrogens (tertiary/aromatic N) is 1. The first-order valence-electron chi connectivity index (χ1n) is 6.32. The number of carbonyl (C=O) groups excluding carboxylic acids is 1. The number of amides is 1. The molecule has 21 heavy (non-hydrogen) atoms. The van der Waals surface area contributed by atoms with Crippen LogP contribution in [0, 0.1) is 17.0 Å². The topological polar surface area (TPSA) is 96.9 Å². The Morgan fingerprint density at radius 1 is 1.33 bits per heavy atom. The van der Waals surface area contributed by atoms with E-state index in [2.05, 4.69) is 10.5 Å². The Morgan fingerprint density at radius 3 is 2.43 bits per heavy atom. The van der Waals surface area contributed by atoms with Gasteiger partial charge in [0.15, 0.2) is 5.84 Å². The van der Waals surface area contributed by atoms with Gasteiger partial charge in [0.1, 0.15) is 22.7 Å². The molecule has 0 atom stereocenters. The average molecular weight is 299 g/mol. The highest BCUT2D eigenvalue weighted by Crippen LogP contribution is 2.33. The Balaban J connectivity index is 2.32. The number of hydrogen-bond donors (Lipinski definition) is 3. The summed E-state index contributed by atoms with van der Waals surface area (Å²) in [4.78, 5) is 12.4. The number of halogens is 2. The summed E-state index contributed by atoms with van der Waals surface area (Å²) >= 11 is 0. The third-order valence-corrected chi connectivity index (χ3v) is 3.58. The highest BCUT2D eigenvalue weighted by Gasteiger charge is 2.45. The summed E-state index contributed by atoms with van der Waals surface area (Å²) < 4.78 is 32.3. The standard InChI is InChI=1S/C13H15F2N3O3/c14-8-2-1-3-9(15)10(8)17-12(19)13(11(16)18-20)4-6-21-7-5-13/h1-3,20H,4-7H2,(H2,16,18)(H,17,19). The Labute approximate surface area is 119 Å². The lowest BCUT2D eigenvalue weighted by Crippen LogP contribution is -2.50. The van der Waals surface area contributed by atoms with E-state index in [-0.39, 0.29) is 31.9 Å². The molecule has 0 aliphatic carbocycles. The monoisotopic (exact) mass is 299 g/mol. The molecule has 0 spiro atoms. The second-order valence-electron chi connectivity index (χ2n) is 4.73. The molecule has 1 aliphatic rings. The van der Waals surface area contributed by atoms with Crippen molar-refractivity contribution in [1.29, 1.82) is 0 Å². The van der Waals surface area contributed by atoms with Gasteiger partial charge in [0, 0.05) is 13.2 Å². The maximum Gasteiger partial charge on any atom is 0.238 e. The van der Waals surface area contributed by atoms with Gasteiger partial charge in [-0.3, -0.25) is 4.79 Å². The lowest BCUT2D eigenvalue weighted by Gasteiger charge is -2.34. The van der Waals surface area contributed by atoms with Crippen LogP contribution >= 0.6 is 0 Å². The van der Waals surface area contributed by atoms with Crippen LogP contribution in [0.2, 0.25) is 0 Å². The zero-order valence-corrected chi connectivity index (χ0v) is 11.1. The molecule has 1 fully saturated rings. The SMILES string of the molecule is NC(=NO)C1(C(=O)Nc2c(F)cccc2F)CCOCC1. The van der Waals surface area contributed by atoms with Crippen molar-refractivity contribution >= 4 is 17.4 Å². The van der Waals surface area contributed by atoms with Crippen LogP contribution < -0.4 is 11.1 Å². The van der Waals surface area contributed by atoms with E-state index >= 15 is 0 Å². The van der Waals surface area contributed by atoms with Crippen LogP contribution in [0.25, 0.3) is 0 Å². The number of nitrogens with two attached hydrogens (primary N) is 1. The van der Waals surface area contributed by atoms with Crippen molar-refractivity contribution in [2.45, 2.75) is 12.8 Å². The first-order chi connectivity index (χ1) is 10.0. The maximum atomic E-state index is 13.6. The number of nitrogens with one attached hydrogen (secondary N) is 1. The molecule has 1 saturated heterocycles. The molecule has 0 bridgehead atoms. The smallest absolute Gasteiger partial charge is 0.238 e. The van der Waals surface area contributed by atoms with E-state index in [1.165, 1.54) is 6.07 Å². The molecule has 0 unspecified atom stereocenters. The van der Waals surface area contributed by atoms with Crippen LogP contribution in [0.1, 0.15) is 12.8 Å². The minimum Gasteiger partial charge on any atom is -0.409 e. The van der Waals surface area contributed by atoms with Gasteiger partial charge >= 0.3 is 0 Å². The number of amidine groups is 1. The van der Waals surface area contributed by atoms with Crippen molar-refractivity contribution in [3.8, 4) is 0 Å². The van der Waals surface area contributed by atoms with Crippen molar-refractivity contribution in [1.82, 2.24) is 0 Å². The van der Waals surface area contributed by atoms with Crippen LogP contribution in [0.4, 0.5) is 14.5 Å². The van der Waals surface area contributed by atoms with Crippen molar-refractivity contribution in [2.75, 3.05) is 18.5 Å². The van der Waals surface area contributed by atoms with E-state index in [1.807, 2.05) is 0 Å². The fourth-order valence-corrected chi connectivity index (χ4v) is 2.27.